The van der Waals surface area contributed by atoms with E-state index in [4.69, 9.17) is 5.73 Å². The van der Waals surface area contributed by atoms with Gasteiger partial charge in [0, 0.05) is 37.6 Å². The molecule has 0 radical (unpaired) electrons. The Hall–Kier alpha value is -1.86. The molecule has 0 spiro atoms. The molecule has 1 heterocycles. The molecule has 0 saturated carbocycles. The van der Waals surface area contributed by atoms with Gasteiger partial charge in [0.15, 0.2) is 5.03 Å². The van der Waals surface area contributed by atoms with Crippen LogP contribution < -0.4 is 5.73 Å². The molecule has 1 aromatic heterocycles. The Morgan fingerprint density at radius 1 is 1.26 bits per heavy atom. The monoisotopic (exact) mass is 281 g/mol. The fraction of sp³-hybridized carbons (Fsp3) is 0.250. The van der Waals surface area contributed by atoms with Gasteiger partial charge in [-0.3, -0.25) is 4.79 Å². The number of hydrogen-bond acceptors (Lipinski definition) is 3. The number of carbonyl (C=O) groups excluding carboxylic acids is 1. The van der Waals surface area contributed by atoms with Crippen molar-refractivity contribution in [1.82, 2.24) is 8.87 Å². The van der Waals surface area contributed by atoms with Crippen molar-refractivity contribution >= 4 is 26.8 Å². The van der Waals surface area contributed by atoms with Gasteiger partial charge in [0.1, 0.15) is 0 Å². The minimum atomic E-state index is -3.52. The first-order valence-electron chi connectivity index (χ1n) is 5.57. The Bertz CT molecular complexity index is 760. The average molecular weight is 281 g/mol. The molecule has 0 fully saturated rings. The van der Waals surface area contributed by atoms with E-state index in [9.17, 15) is 13.2 Å². The fourth-order valence-corrected chi connectivity index (χ4v) is 2.99. The number of rotatable bonds is 3. The third-order valence-electron chi connectivity index (χ3n) is 3.03. The molecule has 0 bridgehead atoms. The molecule has 0 aliphatic carbocycles. The minimum Gasteiger partial charge on any atom is -0.366 e. The van der Waals surface area contributed by atoms with Crippen LogP contribution in [-0.2, 0) is 17.1 Å². The third-order valence-corrected chi connectivity index (χ3v) is 4.91. The van der Waals surface area contributed by atoms with E-state index in [0.717, 1.165) is 9.69 Å². The van der Waals surface area contributed by atoms with Gasteiger partial charge in [-0.15, -0.1) is 0 Å². The number of fused-ring (bicyclic) bond motifs is 1. The number of aromatic nitrogens is 1. The molecule has 2 rings (SSSR count). The van der Waals surface area contributed by atoms with Gasteiger partial charge < -0.3 is 10.3 Å². The zero-order valence-corrected chi connectivity index (χ0v) is 11.7. The van der Waals surface area contributed by atoms with Crippen LogP contribution in [0, 0.1) is 0 Å². The number of sulfonamides is 1. The largest absolute Gasteiger partial charge is 0.366 e. The standard InChI is InChI=1S/C12H15N3O3S/c1-14(2)19(17,18)11-7-8-4-5-9(12(13)16)6-10(8)15(11)3/h4-7H,1-3H3,(H2,13,16). The molecule has 0 aliphatic heterocycles. The van der Waals surface area contributed by atoms with Gasteiger partial charge in [-0.2, -0.15) is 0 Å². The smallest absolute Gasteiger partial charge is 0.258 e. The van der Waals surface area contributed by atoms with E-state index in [1.165, 1.54) is 18.7 Å². The Morgan fingerprint density at radius 2 is 1.89 bits per heavy atom. The van der Waals surface area contributed by atoms with Crippen LogP contribution >= 0.6 is 0 Å². The predicted molar refractivity (Wildman–Crippen MR) is 72.3 cm³/mol. The SMILES string of the molecule is CN(C)S(=O)(=O)c1cc2ccc(C(N)=O)cc2n1C. The van der Waals surface area contributed by atoms with Gasteiger partial charge in [-0.05, 0) is 18.2 Å². The second-order valence-electron chi connectivity index (χ2n) is 4.47. The zero-order chi connectivity index (χ0) is 14.4. The number of aryl methyl sites for hydroxylation is 1. The molecule has 0 unspecified atom stereocenters. The third kappa shape index (κ3) is 2.11. The maximum absolute atomic E-state index is 12.2. The van der Waals surface area contributed by atoms with Crippen molar-refractivity contribution in [2.45, 2.75) is 5.03 Å². The van der Waals surface area contributed by atoms with Gasteiger partial charge in [-0.1, -0.05) is 6.07 Å². The first kappa shape index (κ1) is 13.6. The van der Waals surface area contributed by atoms with Crippen LogP contribution in [0.5, 0.6) is 0 Å². The lowest BCUT2D eigenvalue weighted by atomic mass is 10.1. The number of nitrogens with two attached hydrogens (primary N) is 1. The molecule has 0 saturated heterocycles. The number of hydrogen-bond donors (Lipinski definition) is 1. The van der Waals surface area contributed by atoms with Gasteiger partial charge in [0.25, 0.3) is 10.0 Å². The van der Waals surface area contributed by atoms with E-state index in [-0.39, 0.29) is 5.03 Å². The summed E-state index contributed by atoms with van der Waals surface area (Å²) in [5.41, 5.74) is 6.22. The maximum atomic E-state index is 12.2. The number of benzene rings is 1. The highest BCUT2D eigenvalue weighted by atomic mass is 32.2. The maximum Gasteiger partial charge on any atom is 0.258 e. The van der Waals surface area contributed by atoms with E-state index in [1.54, 1.807) is 31.3 Å². The Labute approximate surface area is 111 Å². The van der Waals surface area contributed by atoms with Crippen molar-refractivity contribution in [1.29, 1.82) is 0 Å². The molecule has 19 heavy (non-hydrogen) atoms. The molecule has 0 aliphatic rings. The fourth-order valence-electron chi connectivity index (χ4n) is 1.89. The molecule has 0 atom stereocenters. The van der Waals surface area contributed by atoms with Crippen LogP contribution in [0.15, 0.2) is 29.3 Å². The van der Waals surface area contributed by atoms with Crippen molar-refractivity contribution < 1.29 is 13.2 Å². The van der Waals surface area contributed by atoms with Crippen molar-refractivity contribution in [3.63, 3.8) is 0 Å². The van der Waals surface area contributed by atoms with Gasteiger partial charge in [0.05, 0.1) is 0 Å². The molecule has 7 heteroatoms. The highest BCUT2D eigenvalue weighted by Gasteiger charge is 2.22. The molecule has 102 valence electrons. The van der Waals surface area contributed by atoms with Crippen molar-refractivity contribution in [2.24, 2.45) is 12.8 Å². The Kier molecular flexibility index (Phi) is 3.11. The molecule has 1 amide bonds. The summed E-state index contributed by atoms with van der Waals surface area (Å²) in [6.07, 6.45) is 0. The Morgan fingerprint density at radius 3 is 2.42 bits per heavy atom. The first-order valence-corrected chi connectivity index (χ1v) is 7.01. The van der Waals surface area contributed by atoms with E-state index in [0.29, 0.717) is 11.1 Å². The summed E-state index contributed by atoms with van der Waals surface area (Å²) in [6.45, 7) is 0. The van der Waals surface area contributed by atoms with Crippen molar-refractivity contribution in [3.05, 3.63) is 29.8 Å². The van der Waals surface area contributed by atoms with Gasteiger partial charge in [-0.25, -0.2) is 12.7 Å². The lowest BCUT2D eigenvalue weighted by Crippen LogP contribution is -2.24. The van der Waals surface area contributed by atoms with Gasteiger partial charge >= 0.3 is 0 Å². The summed E-state index contributed by atoms with van der Waals surface area (Å²) in [7, 11) is 1.07. The van der Waals surface area contributed by atoms with E-state index < -0.39 is 15.9 Å². The van der Waals surface area contributed by atoms with Crippen molar-refractivity contribution in [2.75, 3.05) is 14.1 Å². The second kappa shape index (κ2) is 4.36. The normalized spacial score (nSPS) is 12.2. The molecular weight excluding hydrogens is 266 g/mol. The van der Waals surface area contributed by atoms with Crippen LogP contribution in [0.4, 0.5) is 0 Å². The van der Waals surface area contributed by atoms with Gasteiger partial charge in [0.2, 0.25) is 5.91 Å². The summed E-state index contributed by atoms with van der Waals surface area (Å²) in [4.78, 5) is 11.2. The summed E-state index contributed by atoms with van der Waals surface area (Å²) in [6, 6.07) is 6.43. The summed E-state index contributed by atoms with van der Waals surface area (Å²) < 4.78 is 27.0. The first-order chi connectivity index (χ1) is 8.75. The zero-order valence-electron chi connectivity index (χ0n) is 10.9. The van der Waals surface area contributed by atoms with Crippen LogP contribution in [0.1, 0.15) is 10.4 Å². The molecule has 6 nitrogen and oxygen atoms in total. The summed E-state index contributed by atoms with van der Waals surface area (Å²) in [5.74, 6) is -0.542. The molecule has 1 aromatic carbocycles. The van der Waals surface area contributed by atoms with Crippen LogP contribution in [-0.4, -0.2) is 37.3 Å². The van der Waals surface area contributed by atoms with Crippen molar-refractivity contribution in [3.8, 4) is 0 Å². The van der Waals surface area contributed by atoms with Crippen LogP contribution in [0.25, 0.3) is 10.9 Å². The van der Waals surface area contributed by atoms with E-state index >= 15 is 0 Å². The topological polar surface area (TPSA) is 85.4 Å². The Balaban J connectivity index is 2.74. The quantitative estimate of drug-likeness (QED) is 0.890. The van der Waals surface area contributed by atoms with Crippen LogP contribution in [0.2, 0.25) is 0 Å². The minimum absolute atomic E-state index is 0.175. The highest BCUT2D eigenvalue weighted by molar-refractivity contribution is 7.89. The van der Waals surface area contributed by atoms with E-state index in [2.05, 4.69) is 0 Å². The second-order valence-corrected chi connectivity index (χ2v) is 6.57. The molecule has 2 N–H and O–H groups in total. The lowest BCUT2D eigenvalue weighted by molar-refractivity contribution is 0.100. The molecule has 2 aromatic rings. The predicted octanol–water partition coefficient (Wildman–Crippen LogP) is 0.528. The highest BCUT2D eigenvalue weighted by Crippen LogP contribution is 2.24. The van der Waals surface area contributed by atoms with Crippen LogP contribution in [0.3, 0.4) is 0 Å². The number of nitrogens with zero attached hydrogens (tertiary/aromatic N) is 2. The average Bonchev–Trinajstić information content (AvgIpc) is 2.66. The van der Waals surface area contributed by atoms with E-state index in [1.807, 2.05) is 0 Å². The summed E-state index contributed by atoms with van der Waals surface area (Å²) >= 11 is 0. The molecular formula is C12H15N3O3S. The lowest BCUT2D eigenvalue weighted by Gasteiger charge is -2.11. The number of carbonyl (C=O) groups is 1. The summed E-state index contributed by atoms with van der Waals surface area (Å²) in [5, 5.41) is 0.919. The number of amides is 1. The number of primary amides is 1.